The van der Waals surface area contributed by atoms with Gasteiger partial charge in [0, 0.05) is 19.5 Å². The van der Waals surface area contributed by atoms with Gasteiger partial charge >= 0.3 is 12.0 Å². The molecule has 0 aromatic rings. The zero-order valence-electron chi connectivity index (χ0n) is 9.66. The van der Waals surface area contributed by atoms with E-state index >= 15 is 0 Å². The fourth-order valence-electron chi connectivity index (χ4n) is 1.70. The number of imide groups is 1. The number of hydrogen-bond acceptors (Lipinski definition) is 4. The highest BCUT2D eigenvalue weighted by molar-refractivity contribution is 6.53. The van der Waals surface area contributed by atoms with Gasteiger partial charge in [-0.25, -0.2) is 4.79 Å². The van der Waals surface area contributed by atoms with Crippen LogP contribution in [0.4, 0.5) is 4.79 Å². The first-order valence-electron chi connectivity index (χ1n) is 5.41. The van der Waals surface area contributed by atoms with Gasteiger partial charge in [0.1, 0.15) is 9.75 Å². The van der Waals surface area contributed by atoms with Crippen LogP contribution in [0.1, 0.15) is 13.3 Å². The maximum Gasteiger partial charge on any atom is 0.324 e. The largest absolute Gasteiger partial charge is 0.455 e. The summed E-state index contributed by atoms with van der Waals surface area (Å²) in [5, 5.41) is 2.48. The molecular weight excluding hydrogens is 283 g/mol. The highest BCUT2D eigenvalue weighted by Crippen LogP contribution is 2.64. The van der Waals surface area contributed by atoms with Crippen LogP contribution in [0.25, 0.3) is 0 Å². The molecular formula is C10H12Cl2N2O4. The van der Waals surface area contributed by atoms with Crippen LogP contribution in [0.2, 0.25) is 0 Å². The molecule has 8 heteroatoms. The first-order valence-corrected chi connectivity index (χ1v) is 6.17. The molecule has 100 valence electrons. The van der Waals surface area contributed by atoms with Crippen LogP contribution in [-0.4, -0.2) is 46.8 Å². The predicted octanol–water partition coefficient (Wildman–Crippen LogP) is 0.665. The van der Waals surface area contributed by atoms with Crippen LogP contribution in [0.15, 0.2) is 0 Å². The number of carbonyl (C=O) groups excluding carboxylic acids is 3. The maximum atomic E-state index is 11.7. The first-order chi connectivity index (χ1) is 8.28. The average molecular weight is 295 g/mol. The lowest BCUT2D eigenvalue weighted by atomic mass is 10.1. The minimum absolute atomic E-state index is 0.279. The zero-order chi connectivity index (χ0) is 13.6. The molecule has 0 bridgehead atoms. The molecule has 0 spiro atoms. The lowest BCUT2D eigenvalue weighted by molar-refractivity contribution is -0.155. The topological polar surface area (TPSA) is 75.7 Å². The van der Waals surface area contributed by atoms with Gasteiger partial charge in [-0.05, 0) is 6.92 Å². The SMILES string of the molecule is C[C@@]1(C(=O)OCC(=O)N2CCNC2=O)CC1(Cl)Cl. The van der Waals surface area contributed by atoms with Gasteiger partial charge in [-0.15, -0.1) is 23.2 Å². The Morgan fingerprint density at radius 1 is 1.50 bits per heavy atom. The molecule has 0 radical (unpaired) electrons. The van der Waals surface area contributed by atoms with E-state index in [2.05, 4.69) is 5.32 Å². The molecule has 1 saturated carbocycles. The summed E-state index contributed by atoms with van der Waals surface area (Å²) >= 11 is 11.6. The highest BCUT2D eigenvalue weighted by atomic mass is 35.5. The van der Waals surface area contributed by atoms with Crippen LogP contribution in [0.3, 0.4) is 0 Å². The van der Waals surface area contributed by atoms with E-state index < -0.39 is 34.3 Å². The van der Waals surface area contributed by atoms with Crippen molar-refractivity contribution in [3.8, 4) is 0 Å². The maximum absolute atomic E-state index is 11.7. The van der Waals surface area contributed by atoms with Crippen molar-refractivity contribution < 1.29 is 19.1 Å². The van der Waals surface area contributed by atoms with E-state index in [9.17, 15) is 14.4 Å². The molecule has 1 aliphatic carbocycles. The standard InChI is InChI=1S/C10H12Cl2N2O4/c1-9(5-10(9,11)12)7(16)18-4-6(15)14-3-2-13-8(14)17/h2-5H2,1H3,(H,13,17)/t9-/m0/s1. The lowest BCUT2D eigenvalue weighted by Crippen LogP contribution is -2.38. The fraction of sp³-hybridized carbons (Fsp3) is 0.700. The summed E-state index contributed by atoms with van der Waals surface area (Å²) in [4.78, 5) is 35.5. The normalized spacial score (nSPS) is 28.8. The third-order valence-electron chi connectivity index (χ3n) is 3.19. The molecule has 1 atom stereocenters. The number of nitrogens with one attached hydrogen (secondary N) is 1. The molecule has 2 rings (SSSR count). The Morgan fingerprint density at radius 3 is 2.56 bits per heavy atom. The molecule has 0 aromatic heterocycles. The Labute approximate surface area is 114 Å². The van der Waals surface area contributed by atoms with Crippen LogP contribution in [0, 0.1) is 5.41 Å². The van der Waals surface area contributed by atoms with Crippen molar-refractivity contribution in [3.05, 3.63) is 0 Å². The summed E-state index contributed by atoms with van der Waals surface area (Å²) in [6.07, 6.45) is 0.292. The van der Waals surface area contributed by atoms with Crippen LogP contribution in [-0.2, 0) is 14.3 Å². The minimum atomic E-state index is -1.13. The van der Waals surface area contributed by atoms with E-state index in [0.29, 0.717) is 13.0 Å². The molecule has 1 aliphatic heterocycles. The van der Waals surface area contributed by atoms with E-state index in [1.807, 2.05) is 0 Å². The quantitative estimate of drug-likeness (QED) is 0.613. The summed E-state index contributed by atoms with van der Waals surface area (Å²) in [7, 11) is 0. The minimum Gasteiger partial charge on any atom is -0.455 e. The Morgan fingerprint density at radius 2 is 2.11 bits per heavy atom. The van der Waals surface area contributed by atoms with Crippen LogP contribution >= 0.6 is 23.2 Å². The Hall–Kier alpha value is -1.01. The summed E-state index contributed by atoms with van der Waals surface area (Å²) < 4.78 is 3.72. The van der Waals surface area contributed by atoms with Crippen molar-refractivity contribution in [1.82, 2.24) is 10.2 Å². The molecule has 1 saturated heterocycles. The van der Waals surface area contributed by atoms with E-state index in [1.165, 1.54) is 0 Å². The molecule has 1 heterocycles. The van der Waals surface area contributed by atoms with Gasteiger partial charge in [0.05, 0.1) is 0 Å². The second kappa shape index (κ2) is 4.28. The number of urea groups is 1. The molecule has 3 amide bonds. The number of carbonyl (C=O) groups is 3. The molecule has 18 heavy (non-hydrogen) atoms. The smallest absolute Gasteiger partial charge is 0.324 e. The van der Waals surface area contributed by atoms with Gasteiger partial charge in [0.25, 0.3) is 5.91 Å². The number of hydrogen-bond donors (Lipinski definition) is 1. The Kier molecular flexibility index (Phi) is 3.19. The number of ether oxygens (including phenoxy) is 1. The fourth-order valence-corrected chi connectivity index (χ4v) is 2.38. The summed E-state index contributed by atoms with van der Waals surface area (Å²) in [5.74, 6) is -1.18. The van der Waals surface area contributed by atoms with Crippen molar-refractivity contribution in [2.45, 2.75) is 17.7 Å². The summed E-state index contributed by atoms with van der Waals surface area (Å²) in [6.45, 7) is 1.78. The van der Waals surface area contributed by atoms with E-state index in [0.717, 1.165) is 4.90 Å². The van der Waals surface area contributed by atoms with E-state index in [1.54, 1.807) is 6.92 Å². The Bertz CT molecular complexity index is 426. The number of nitrogens with zero attached hydrogens (tertiary/aromatic N) is 1. The van der Waals surface area contributed by atoms with Gasteiger partial charge in [-0.2, -0.15) is 0 Å². The second-order valence-electron chi connectivity index (χ2n) is 4.57. The predicted molar refractivity (Wildman–Crippen MR) is 63.2 cm³/mol. The molecule has 6 nitrogen and oxygen atoms in total. The molecule has 1 N–H and O–H groups in total. The zero-order valence-corrected chi connectivity index (χ0v) is 11.2. The number of halogens is 2. The highest BCUT2D eigenvalue weighted by Gasteiger charge is 2.69. The molecule has 0 aromatic carbocycles. The van der Waals surface area contributed by atoms with Crippen LogP contribution in [0.5, 0.6) is 0 Å². The molecule has 2 fully saturated rings. The molecule has 0 unspecified atom stereocenters. The van der Waals surface area contributed by atoms with Crippen molar-refractivity contribution in [2.24, 2.45) is 5.41 Å². The average Bonchev–Trinajstić information content (AvgIpc) is 2.61. The summed E-state index contributed by atoms with van der Waals surface area (Å²) in [6, 6.07) is -0.474. The number of rotatable bonds is 3. The van der Waals surface area contributed by atoms with Gasteiger partial charge in [0.15, 0.2) is 6.61 Å². The first kappa shape index (κ1) is 13.4. The van der Waals surface area contributed by atoms with Crippen molar-refractivity contribution in [2.75, 3.05) is 19.7 Å². The van der Waals surface area contributed by atoms with E-state index in [-0.39, 0.29) is 6.54 Å². The third-order valence-corrected chi connectivity index (χ3v) is 4.29. The van der Waals surface area contributed by atoms with E-state index in [4.69, 9.17) is 27.9 Å². The van der Waals surface area contributed by atoms with Gasteiger partial charge in [-0.3, -0.25) is 14.5 Å². The van der Waals surface area contributed by atoms with Crippen molar-refractivity contribution in [3.63, 3.8) is 0 Å². The number of esters is 1. The van der Waals surface area contributed by atoms with Crippen molar-refractivity contribution in [1.29, 1.82) is 0 Å². The molecule has 2 aliphatic rings. The van der Waals surface area contributed by atoms with Gasteiger partial charge in [-0.1, -0.05) is 0 Å². The Balaban J connectivity index is 1.84. The second-order valence-corrected chi connectivity index (χ2v) is 6.05. The van der Waals surface area contributed by atoms with Gasteiger partial charge < -0.3 is 10.1 Å². The lowest BCUT2D eigenvalue weighted by Gasteiger charge is -2.14. The number of alkyl halides is 2. The third kappa shape index (κ3) is 2.14. The monoisotopic (exact) mass is 294 g/mol. The van der Waals surface area contributed by atoms with Crippen LogP contribution < -0.4 is 5.32 Å². The number of amides is 3. The summed E-state index contributed by atoms with van der Waals surface area (Å²) in [5.41, 5.74) is -0.969. The van der Waals surface area contributed by atoms with Crippen molar-refractivity contribution >= 4 is 41.1 Å². The van der Waals surface area contributed by atoms with Gasteiger partial charge in [0.2, 0.25) is 0 Å².